The molecule has 0 aromatic heterocycles. The van der Waals surface area contributed by atoms with Gasteiger partial charge in [0.2, 0.25) is 6.79 Å². The Kier molecular flexibility index (Phi) is 5.82. The quantitative estimate of drug-likeness (QED) is 0.601. The third-order valence-electron chi connectivity index (χ3n) is 3.68. The van der Waals surface area contributed by atoms with Crippen molar-refractivity contribution in [2.45, 2.75) is 12.7 Å². The summed E-state index contributed by atoms with van der Waals surface area (Å²) >= 11 is 7.22. The molecule has 0 saturated heterocycles. The number of thioether (sulfide) groups is 1. The minimum absolute atomic E-state index is 0.277. The van der Waals surface area contributed by atoms with Crippen molar-refractivity contribution in [3.63, 3.8) is 0 Å². The third-order valence-corrected chi connectivity index (χ3v) is 4.94. The Morgan fingerprint density at radius 2 is 2.00 bits per heavy atom. The van der Waals surface area contributed by atoms with Gasteiger partial charge in [-0.1, -0.05) is 24.3 Å². The number of fused-ring (bicyclic) bond motifs is 1. The first kappa shape index (κ1) is 16.9. The van der Waals surface area contributed by atoms with Gasteiger partial charge in [-0.25, -0.2) is 0 Å². The Balaban J connectivity index is 1.36. The highest BCUT2D eigenvalue weighted by molar-refractivity contribution is 7.98. The van der Waals surface area contributed by atoms with Gasteiger partial charge in [-0.15, -0.1) is 0 Å². The lowest BCUT2D eigenvalue weighted by Gasteiger charge is -2.11. The molecule has 0 bridgehead atoms. The molecule has 126 valence electrons. The molecule has 24 heavy (non-hydrogen) atoms. The highest BCUT2D eigenvalue weighted by atomic mass is 32.2. The summed E-state index contributed by atoms with van der Waals surface area (Å²) in [5.41, 5.74) is 3.63. The van der Waals surface area contributed by atoms with Crippen LogP contribution in [0.3, 0.4) is 0 Å². The lowest BCUT2D eigenvalue weighted by atomic mass is 10.1. The van der Waals surface area contributed by atoms with Crippen LogP contribution in [0, 0.1) is 6.92 Å². The van der Waals surface area contributed by atoms with Crippen LogP contribution in [-0.2, 0) is 5.75 Å². The predicted molar refractivity (Wildman–Crippen MR) is 104 cm³/mol. The van der Waals surface area contributed by atoms with Gasteiger partial charge in [0.25, 0.3) is 0 Å². The summed E-state index contributed by atoms with van der Waals surface area (Å²) in [6, 6.07) is 14.2. The van der Waals surface area contributed by atoms with Gasteiger partial charge in [0, 0.05) is 29.8 Å². The molecule has 6 heteroatoms. The summed E-state index contributed by atoms with van der Waals surface area (Å²) in [5, 5.41) is 7.01. The van der Waals surface area contributed by atoms with E-state index in [1.807, 2.05) is 30.0 Å². The molecule has 2 aromatic rings. The third kappa shape index (κ3) is 4.55. The summed E-state index contributed by atoms with van der Waals surface area (Å²) in [4.78, 5) is 0. The van der Waals surface area contributed by atoms with Crippen molar-refractivity contribution in [1.82, 2.24) is 5.32 Å². The summed E-state index contributed by atoms with van der Waals surface area (Å²) in [5.74, 6) is 3.54. The average Bonchev–Trinajstić information content (AvgIpc) is 3.04. The molecule has 0 fully saturated rings. The van der Waals surface area contributed by atoms with E-state index in [9.17, 15) is 0 Å². The molecule has 1 heterocycles. The smallest absolute Gasteiger partial charge is 0.231 e. The van der Waals surface area contributed by atoms with E-state index in [-0.39, 0.29) is 6.79 Å². The van der Waals surface area contributed by atoms with Crippen molar-refractivity contribution in [2.75, 3.05) is 24.4 Å². The molecular formula is C18H20N2O2S2. The first-order chi connectivity index (χ1) is 11.7. The van der Waals surface area contributed by atoms with Gasteiger partial charge in [-0.05, 0) is 42.4 Å². The number of rotatable bonds is 6. The fourth-order valence-corrected chi connectivity index (χ4v) is 3.49. The molecule has 0 saturated carbocycles. The topological polar surface area (TPSA) is 42.5 Å². The number of aryl methyl sites for hydroxylation is 1. The molecule has 2 aromatic carbocycles. The SMILES string of the molecule is Cc1ccccc1CSCCNC(=S)Nc1ccc2c(c1)OCO2. The van der Waals surface area contributed by atoms with Crippen LogP contribution >= 0.6 is 24.0 Å². The summed E-state index contributed by atoms with van der Waals surface area (Å²) in [6.07, 6.45) is 0. The van der Waals surface area contributed by atoms with E-state index in [4.69, 9.17) is 21.7 Å². The van der Waals surface area contributed by atoms with Gasteiger partial charge < -0.3 is 20.1 Å². The van der Waals surface area contributed by atoms with E-state index in [1.165, 1.54) is 11.1 Å². The van der Waals surface area contributed by atoms with Gasteiger partial charge in [0.15, 0.2) is 16.6 Å². The molecular weight excluding hydrogens is 340 g/mol. The Morgan fingerprint density at radius 1 is 1.17 bits per heavy atom. The van der Waals surface area contributed by atoms with Crippen LogP contribution in [0.2, 0.25) is 0 Å². The van der Waals surface area contributed by atoms with Crippen LogP contribution in [0.15, 0.2) is 42.5 Å². The maximum atomic E-state index is 5.36. The summed E-state index contributed by atoms with van der Waals surface area (Å²) < 4.78 is 10.7. The van der Waals surface area contributed by atoms with E-state index in [2.05, 4.69) is 41.8 Å². The number of hydrogen-bond donors (Lipinski definition) is 2. The monoisotopic (exact) mass is 360 g/mol. The first-order valence-corrected chi connectivity index (χ1v) is 9.35. The van der Waals surface area contributed by atoms with E-state index >= 15 is 0 Å². The summed E-state index contributed by atoms with van der Waals surface area (Å²) in [6.45, 7) is 3.26. The fraction of sp³-hybridized carbons (Fsp3) is 0.278. The molecule has 4 nitrogen and oxygen atoms in total. The summed E-state index contributed by atoms with van der Waals surface area (Å²) in [7, 11) is 0. The standard InChI is InChI=1S/C18H20N2O2S2/c1-13-4-2-3-5-14(13)11-24-9-8-19-18(23)20-15-6-7-16-17(10-15)22-12-21-16/h2-7,10H,8-9,11-12H2,1H3,(H2,19,20,23). The molecule has 0 aliphatic carbocycles. The second-order valence-corrected chi connectivity index (χ2v) is 6.94. The number of thiocarbonyl (C=S) groups is 1. The normalized spacial score (nSPS) is 12.0. The molecule has 3 rings (SSSR count). The van der Waals surface area contributed by atoms with Gasteiger partial charge in [0.05, 0.1) is 0 Å². The van der Waals surface area contributed by atoms with Crippen LogP contribution in [-0.4, -0.2) is 24.2 Å². The minimum atomic E-state index is 0.277. The molecule has 1 aliphatic rings. The zero-order valence-corrected chi connectivity index (χ0v) is 15.1. The zero-order chi connectivity index (χ0) is 16.8. The Morgan fingerprint density at radius 3 is 2.88 bits per heavy atom. The minimum Gasteiger partial charge on any atom is -0.454 e. The molecule has 0 spiro atoms. The van der Waals surface area contributed by atoms with Crippen LogP contribution in [0.5, 0.6) is 11.5 Å². The van der Waals surface area contributed by atoms with Crippen LogP contribution < -0.4 is 20.1 Å². The predicted octanol–water partition coefficient (Wildman–Crippen LogP) is 3.94. The lowest BCUT2D eigenvalue weighted by molar-refractivity contribution is 0.174. The van der Waals surface area contributed by atoms with Gasteiger partial charge in [-0.2, -0.15) is 11.8 Å². The van der Waals surface area contributed by atoms with Crippen LogP contribution in [0.1, 0.15) is 11.1 Å². The Bertz CT molecular complexity index is 722. The molecule has 2 N–H and O–H groups in total. The van der Waals surface area contributed by atoms with Crippen molar-refractivity contribution in [3.8, 4) is 11.5 Å². The number of hydrogen-bond acceptors (Lipinski definition) is 4. The maximum Gasteiger partial charge on any atom is 0.231 e. The second kappa shape index (κ2) is 8.26. The fourth-order valence-electron chi connectivity index (χ4n) is 2.34. The highest BCUT2D eigenvalue weighted by Crippen LogP contribution is 2.34. The number of nitrogens with one attached hydrogen (secondary N) is 2. The number of ether oxygens (including phenoxy) is 2. The Hall–Kier alpha value is -1.92. The van der Waals surface area contributed by atoms with Crippen LogP contribution in [0.25, 0.3) is 0 Å². The zero-order valence-electron chi connectivity index (χ0n) is 13.5. The lowest BCUT2D eigenvalue weighted by Crippen LogP contribution is -2.30. The first-order valence-electron chi connectivity index (χ1n) is 7.79. The van der Waals surface area contributed by atoms with E-state index in [0.717, 1.165) is 35.2 Å². The highest BCUT2D eigenvalue weighted by Gasteiger charge is 2.13. The van der Waals surface area contributed by atoms with Crippen LogP contribution in [0.4, 0.5) is 5.69 Å². The number of benzene rings is 2. The van der Waals surface area contributed by atoms with Crippen molar-refractivity contribution < 1.29 is 9.47 Å². The Labute approximate surface area is 151 Å². The van der Waals surface area contributed by atoms with Crippen molar-refractivity contribution in [2.24, 2.45) is 0 Å². The van der Waals surface area contributed by atoms with Gasteiger partial charge >= 0.3 is 0 Å². The van der Waals surface area contributed by atoms with Crippen molar-refractivity contribution in [3.05, 3.63) is 53.6 Å². The second-order valence-electron chi connectivity index (χ2n) is 5.43. The van der Waals surface area contributed by atoms with E-state index in [0.29, 0.717) is 5.11 Å². The average molecular weight is 361 g/mol. The molecule has 0 radical (unpaired) electrons. The maximum absolute atomic E-state index is 5.36. The van der Waals surface area contributed by atoms with Crippen molar-refractivity contribution >= 4 is 34.8 Å². The van der Waals surface area contributed by atoms with Gasteiger partial charge in [-0.3, -0.25) is 0 Å². The molecule has 1 aliphatic heterocycles. The van der Waals surface area contributed by atoms with Crippen molar-refractivity contribution in [1.29, 1.82) is 0 Å². The van der Waals surface area contributed by atoms with E-state index < -0.39 is 0 Å². The van der Waals surface area contributed by atoms with Gasteiger partial charge in [0.1, 0.15) is 0 Å². The van der Waals surface area contributed by atoms with E-state index in [1.54, 1.807) is 0 Å². The molecule has 0 unspecified atom stereocenters. The largest absolute Gasteiger partial charge is 0.454 e. The number of anilines is 1. The molecule has 0 atom stereocenters. The molecule has 0 amide bonds.